The number of carbonyl (C=O) groups is 4. The zero-order chi connectivity index (χ0) is 36.0. The SMILES string of the molecule is COc1ccc(CC2NC(=O)/C=C/CC(C(C)C3OC3c3ccc(C)c(C)c3)OC(=O)C(CC(C)C)OC(=O)C(C)(C)CNC2=O)cc1Cl. The predicted octanol–water partition coefficient (Wildman–Crippen LogP) is 5.74. The quantitative estimate of drug-likeness (QED) is 0.264. The van der Waals surface area contributed by atoms with Crippen molar-refractivity contribution in [3.05, 3.63) is 75.8 Å². The van der Waals surface area contributed by atoms with E-state index in [-0.39, 0.29) is 49.9 Å². The van der Waals surface area contributed by atoms with Gasteiger partial charge in [0.1, 0.15) is 24.0 Å². The molecule has 6 unspecified atom stereocenters. The van der Waals surface area contributed by atoms with Gasteiger partial charge in [-0.05, 0) is 80.5 Å². The second kappa shape index (κ2) is 16.2. The summed E-state index contributed by atoms with van der Waals surface area (Å²) in [6, 6.07) is 10.4. The molecule has 1 fully saturated rings. The van der Waals surface area contributed by atoms with Crippen molar-refractivity contribution in [1.82, 2.24) is 10.6 Å². The van der Waals surface area contributed by atoms with Crippen LogP contribution >= 0.6 is 11.6 Å². The first-order valence-corrected chi connectivity index (χ1v) is 17.2. The summed E-state index contributed by atoms with van der Waals surface area (Å²) in [6.45, 7) is 13.1. The third kappa shape index (κ3) is 10.1. The van der Waals surface area contributed by atoms with Crippen molar-refractivity contribution in [2.45, 2.75) is 98.2 Å². The van der Waals surface area contributed by atoms with Gasteiger partial charge in [0.25, 0.3) is 0 Å². The van der Waals surface area contributed by atoms with Crippen LogP contribution in [0.25, 0.3) is 0 Å². The van der Waals surface area contributed by atoms with E-state index in [1.54, 1.807) is 38.1 Å². The molecule has 2 heterocycles. The molecule has 266 valence electrons. The Labute approximate surface area is 294 Å². The van der Waals surface area contributed by atoms with Crippen molar-refractivity contribution >= 4 is 35.4 Å². The number of hydrogen-bond acceptors (Lipinski definition) is 8. The molecule has 1 saturated heterocycles. The molecule has 6 atom stereocenters. The summed E-state index contributed by atoms with van der Waals surface area (Å²) >= 11 is 6.33. The molecule has 2 aromatic rings. The van der Waals surface area contributed by atoms with Crippen LogP contribution in [0.5, 0.6) is 5.75 Å². The van der Waals surface area contributed by atoms with Gasteiger partial charge >= 0.3 is 11.9 Å². The van der Waals surface area contributed by atoms with E-state index >= 15 is 0 Å². The number of aryl methyl sites for hydroxylation is 2. The Balaban J connectivity index is 1.62. The van der Waals surface area contributed by atoms with Crippen molar-refractivity contribution in [2.75, 3.05) is 13.7 Å². The minimum absolute atomic E-state index is 0.0198. The number of cyclic esters (lactones) is 2. The monoisotopic (exact) mass is 696 g/mol. The summed E-state index contributed by atoms with van der Waals surface area (Å²) < 4.78 is 23.2. The van der Waals surface area contributed by atoms with Crippen LogP contribution in [-0.4, -0.2) is 61.8 Å². The van der Waals surface area contributed by atoms with Crippen molar-refractivity contribution in [3.8, 4) is 5.75 Å². The lowest BCUT2D eigenvalue weighted by Gasteiger charge is -2.29. The maximum absolute atomic E-state index is 13.7. The van der Waals surface area contributed by atoms with Gasteiger partial charge in [0.2, 0.25) is 11.8 Å². The Hall–Kier alpha value is -3.89. The van der Waals surface area contributed by atoms with E-state index in [4.69, 9.17) is 30.5 Å². The minimum Gasteiger partial charge on any atom is -0.495 e. The van der Waals surface area contributed by atoms with Gasteiger partial charge in [0.05, 0.1) is 23.7 Å². The van der Waals surface area contributed by atoms with E-state index in [0.717, 1.165) is 11.1 Å². The van der Waals surface area contributed by atoms with Gasteiger partial charge < -0.3 is 29.6 Å². The number of ether oxygens (including phenoxy) is 4. The molecule has 10 nitrogen and oxygen atoms in total. The number of amides is 2. The molecule has 0 radical (unpaired) electrons. The lowest BCUT2D eigenvalue weighted by Crippen LogP contribution is -2.51. The highest BCUT2D eigenvalue weighted by Gasteiger charge is 2.48. The van der Waals surface area contributed by atoms with Crippen LogP contribution in [0.2, 0.25) is 5.02 Å². The third-order valence-corrected chi connectivity index (χ3v) is 9.43. The van der Waals surface area contributed by atoms with Crippen LogP contribution < -0.4 is 15.4 Å². The third-order valence-electron chi connectivity index (χ3n) is 9.14. The minimum atomic E-state index is -1.20. The number of rotatable bonds is 8. The first-order valence-electron chi connectivity index (χ1n) is 16.8. The van der Waals surface area contributed by atoms with Gasteiger partial charge in [-0.1, -0.05) is 62.7 Å². The summed E-state index contributed by atoms with van der Waals surface area (Å²) in [5.41, 5.74) is 2.89. The topological polar surface area (TPSA) is 133 Å². The number of esters is 2. The first-order chi connectivity index (χ1) is 23.1. The van der Waals surface area contributed by atoms with E-state index < -0.39 is 47.4 Å². The Morgan fingerprint density at radius 1 is 1.00 bits per heavy atom. The summed E-state index contributed by atoms with van der Waals surface area (Å²) in [5, 5.41) is 5.93. The Kier molecular flexibility index (Phi) is 12.5. The molecule has 0 aliphatic carbocycles. The van der Waals surface area contributed by atoms with Crippen LogP contribution in [0.15, 0.2) is 48.6 Å². The molecule has 2 aliphatic rings. The fourth-order valence-electron chi connectivity index (χ4n) is 5.76. The van der Waals surface area contributed by atoms with Gasteiger partial charge in [0.15, 0.2) is 6.10 Å². The highest BCUT2D eigenvalue weighted by molar-refractivity contribution is 6.32. The maximum Gasteiger partial charge on any atom is 0.347 e. The number of nitrogens with one attached hydrogen (secondary N) is 2. The van der Waals surface area contributed by atoms with Crippen molar-refractivity contribution in [2.24, 2.45) is 17.3 Å². The van der Waals surface area contributed by atoms with Crippen molar-refractivity contribution in [3.63, 3.8) is 0 Å². The lowest BCUT2D eigenvalue weighted by molar-refractivity contribution is -0.179. The lowest BCUT2D eigenvalue weighted by atomic mass is 9.92. The number of epoxide rings is 1. The molecule has 2 aliphatic heterocycles. The number of hydrogen-bond donors (Lipinski definition) is 2. The molecule has 2 N–H and O–H groups in total. The van der Waals surface area contributed by atoms with E-state index in [1.807, 2.05) is 26.8 Å². The van der Waals surface area contributed by atoms with Gasteiger partial charge in [-0.15, -0.1) is 0 Å². The van der Waals surface area contributed by atoms with Gasteiger partial charge in [0, 0.05) is 25.3 Å². The van der Waals surface area contributed by atoms with E-state index in [9.17, 15) is 19.2 Å². The zero-order valence-electron chi connectivity index (χ0n) is 29.6. The number of methoxy groups -OCH3 is 1. The molecule has 0 aromatic heterocycles. The Morgan fingerprint density at radius 3 is 2.39 bits per heavy atom. The van der Waals surface area contributed by atoms with Crippen LogP contribution in [-0.2, 0) is 39.8 Å². The standard InChI is InChI=1S/C38H49ClN2O8/c1-21(2)16-31-36(44)47-29(24(5)33-34(49-33)26-14-12-22(3)23(4)17-26)10-9-11-32(42)41-28(19-25-13-15-30(46-8)27(39)18-25)35(43)40-20-38(6,7)37(45)48-31/h9,11-15,17-18,21,24,28-29,31,33-34H,10,16,19-20H2,1-8H3,(H,40,43)(H,41,42)/b11-9+. The zero-order valence-corrected chi connectivity index (χ0v) is 30.4. The molecule has 0 spiro atoms. The van der Waals surface area contributed by atoms with E-state index in [1.165, 1.54) is 18.7 Å². The van der Waals surface area contributed by atoms with E-state index in [2.05, 4.69) is 36.6 Å². The Bertz CT molecular complexity index is 1570. The maximum atomic E-state index is 13.7. The van der Waals surface area contributed by atoms with Crippen LogP contribution in [0.4, 0.5) is 0 Å². The number of benzene rings is 2. The first kappa shape index (κ1) is 37.9. The summed E-state index contributed by atoms with van der Waals surface area (Å²) in [4.78, 5) is 53.8. The molecule has 11 heteroatoms. The second-order valence-corrected chi connectivity index (χ2v) is 14.6. The number of halogens is 1. The van der Waals surface area contributed by atoms with Crippen molar-refractivity contribution < 1.29 is 38.1 Å². The molecule has 49 heavy (non-hydrogen) atoms. The largest absolute Gasteiger partial charge is 0.495 e. The molecular weight excluding hydrogens is 648 g/mol. The summed E-state index contributed by atoms with van der Waals surface area (Å²) in [7, 11) is 1.51. The highest BCUT2D eigenvalue weighted by Crippen LogP contribution is 2.45. The van der Waals surface area contributed by atoms with Gasteiger partial charge in [-0.3, -0.25) is 14.4 Å². The molecular formula is C38H49ClN2O8. The molecule has 4 rings (SSSR count). The fraction of sp³-hybridized carbons (Fsp3) is 0.526. The molecule has 2 aromatic carbocycles. The smallest absolute Gasteiger partial charge is 0.347 e. The van der Waals surface area contributed by atoms with Crippen LogP contribution in [0.1, 0.15) is 75.8 Å². The fourth-order valence-corrected chi connectivity index (χ4v) is 6.04. The molecule has 0 bridgehead atoms. The predicted molar refractivity (Wildman–Crippen MR) is 186 cm³/mol. The summed E-state index contributed by atoms with van der Waals surface area (Å²) in [6.07, 6.45) is 1.32. The van der Waals surface area contributed by atoms with Crippen LogP contribution in [0, 0.1) is 31.1 Å². The second-order valence-electron chi connectivity index (χ2n) is 14.2. The average molecular weight is 697 g/mol. The number of carbonyl (C=O) groups excluding carboxylic acids is 4. The normalized spacial score (nSPS) is 26.2. The van der Waals surface area contributed by atoms with E-state index in [0.29, 0.717) is 16.3 Å². The van der Waals surface area contributed by atoms with Gasteiger partial charge in [-0.2, -0.15) is 0 Å². The molecule has 2 amide bonds. The van der Waals surface area contributed by atoms with Crippen LogP contribution in [0.3, 0.4) is 0 Å². The molecule has 0 saturated carbocycles. The highest BCUT2D eigenvalue weighted by atomic mass is 35.5. The Morgan fingerprint density at radius 2 is 1.73 bits per heavy atom. The summed E-state index contributed by atoms with van der Waals surface area (Å²) in [5.74, 6) is -2.07. The van der Waals surface area contributed by atoms with Gasteiger partial charge in [-0.25, -0.2) is 4.79 Å². The van der Waals surface area contributed by atoms with Crippen molar-refractivity contribution in [1.29, 1.82) is 0 Å². The average Bonchev–Trinajstić information content (AvgIpc) is 3.84.